The molecule has 1 fully saturated rings. The van der Waals surface area contributed by atoms with Gasteiger partial charge in [-0.3, -0.25) is 9.59 Å². The van der Waals surface area contributed by atoms with Crippen molar-refractivity contribution in [2.45, 2.75) is 45.9 Å². The van der Waals surface area contributed by atoms with Crippen LogP contribution in [0.2, 0.25) is 0 Å². The molecule has 1 aliphatic heterocycles. The SMILES string of the molecule is Cc1c(C)[n+]([O-])c(C(c2cc(F)c(F)c(F)c2)C2C(=O)OC(C)(C)OC2=O)n1Cc1ccccc1. The first-order chi connectivity index (χ1) is 16.4. The fourth-order valence-electron chi connectivity index (χ4n) is 4.30. The van der Waals surface area contributed by atoms with Crippen molar-refractivity contribution in [2.24, 2.45) is 5.92 Å². The van der Waals surface area contributed by atoms with Crippen molar-refractivity contribution in [2.75, 3.05) is 0 Å². The number of ether oxygens (including phenoxy) is 2. The molecule has 1 atom stereocenters. The standard InChI is InChI=1S/C25H23F3N2O5/c1-13-14(2)30(33)22(29(13)12-15-8-6-5-7-9-15)19(16-10-17(26)21(28)18(27)11-16)20-23(31)34-25(3,4)35-24(20)32/h5-11,19-20H,12H2,1-4H3. The van der Waals surface area contributed by atoms with Crippen LogP contribution in [0.5, 0.6) is 0 Å². The van der Waals surface area contributed by atoms with Crippen LogP contribution in [0.15, 0.2) is 42.5 Å². The lowest BCUT2D eigenvalue weighted by molar-refractivity contribution is -0.621. The zero-order valence-corrected chi connectivity index (χ0v) is 19.5. The van der Waals surface area contributed by atoms with Gasteiger partial charge in [0.1, 0.15) is 23.9 Å². The van der Waals surface area contributed by atoms with Gasteiger partial charge in [0.25, 0.3) is 11.6 Å². The molecule has 0 bridgehead atoms. The number of benzene rings is 2. The Balaban J connectivity index is 1.97. The number of hydrogen-bond donors (Lipinski definition) is 0. The highest BCUT2D eigenvalue weighted by molar-refractivity contribution is 5.98. The molecule has 1 unspecified atom stereocenters. The van der Waals surface area contributed by atoms with Crippen LogP contribution in [0.1, 0.15) is 48.1 Å². The van der Waals surface area contributed by atoms with E-state index in [0.717, 1.165) is 5.56 Å². The summed E-state index contributed by atoms with van der Waals surface area (Å²) in [6, 6.07) is 10.4. The third kappa shape index (κ3) is 4.36. The van der Waals surface area contributed by atoms with Crippen molar-refractivity contribution in [1.82, 2.24) is 4.57 Å². The van der Waals surface area contributed by atoms with Crippen molar-refractivity contribution in [3.8, 4) is 0 Å². The molecule has 1 aromatic heterocycles. The van der Waals surface area contributed by atoms with E-state index in [9.17, 15) is 28.0 Å². The summed E-state index contributed by atoms with van der Waals surface area (Å²) in [7, 11) is 0. The average Bonchev–Trinajstić information content (AvgIpc) is 2.98. The largest absolute Gasteiger partial charge is 0.711 e. The Hall–Kier alpha value is -3.82. The van der Waals surface area contributed by atoms with E-state index in [-0.39, 0.29) is 23.6 Å². The van der Waals surface area contributed by atoms with Gasteiger partial charge in [-0.05, 0) is 23.3 Å². The summed E-state index contributed by atoms with van der Waals surface area (Å²) < 4.78 is 54.9. The highest BCUT2D eigenvalue weighted by Crippen LogP contribution is 2.39. The van der Waals surface area contributed by atoms with E-state index in [0.29, 0.717) is 22.6 Å². The van der Waals surface area contributed by atoms with Crippen molar-refractivity contribution in [3.05, 3.63) is 93.5 Å². The van der Waals surface area contributed by atoms with E-state index in [1.807, 2.05) is 18.2 Å². The molecule has 0 saturated carbocycles. The summed E-state index contributed by atoms with van der Waals surface area (Å²) in [6.45, 7) is 6.07. The maximum atomic E-state index is 14.3. The van der Waals surface area contributed by atoms with E-state index in [4.69, 9.17) is 9.47 Å². The molecule has 184 valence electrons. The summed E-state index contributed by atoms with van der Waals surface area (Å²) in [6.07, 6.45) is 0. The third-order valence-electron chi connectivity index (χ3n) is 6.08. The molecule has 0 amide bonds. The first kappa shape index (κ1) is 24.3. The first-order valence-electron chi connectivity index (χ1n) is 10.8. The number of imidazole rings is 1. The quantitative estimate of drug-likeness (QED) is 0.179. The van der Waals surface area contributed by atoms with Crippen LogP contribution >= 0.6 is 0 Å². The van der Waals surface area contributed by atoms with Crippen molar-refractivity contribution >= 4 is 11.9 Å². The molecule has 2 heterocycles. The van der Waals surface area contributed by atoms with Crippen molar-refractivity contribution in [1.29, 1.82) is 0 Å². The van der Waals surface area contributed by atoms with Gasteiger partial charge in [-0.1, -0.05) is 30.3 Å². The molecule has 0 aliphatic carbocycles. The second-order valence-electron chi connectivity index (χ2n) is 8.89. The lowest BCUT2D eigenvalue weighted by atomic mass is 9.84. The van der Waals surface area contributed by atoms with Gasteiger partial charge in [-0.15, -0.1) is 0 Å². The lowest BCUT2D eigenvalue weighted by Crippen LogP contribution is -2.50. The molecule has 0 N–H and O–H groups in total. The highest BCUT2D eigenvalue weighted by Gasteiger charge is 2.52. The molecular weight excluding hydrogens is 465 g/mol. The zero-order valence-electron chi connectivity index (χ0n) is 19.5. The summed E-state index contributed by atoms with van der Waals surface area (Å²) in [5.41, 5.74) is 1.25. The average molecular weight is 488 g/mol. The molecule has 7 nitrogen and oxygen atoms in total. The van der Waals surface area contributed by atoms with E-state index in [2.05, 4.69) is 0 Å². The molecule has 10 heteroatoms. The summed E-state index contributed by atoms with van der Waals surface area (Å²) in [5.74, 6) is -11.9. The van der Waals surface area contributed by atoms with Gasteiger partial charge in [0.2, 0.25) is 0 Å². The predicted molar refractivity (Wildman–Crippen MR) is 116 cm³/mol. The van der Waals surface area contributed by atoms with Crippen LogP contribution in [-0.2, 0) is 25.6 Å². The Bertz CT molecular complexity index is 1280. The lowest BCUT2D eigenvalue weighted by Gasteiger charge is -2.35. The minimum absolute atomic E-state index is 0.145. The van der Waals surface area contributed by atoms with Crippen molar-refractivity contribution in [3.63, 3.8) is 0 Å². The van der Waals surface area contributed by atoms with Gasteiger partial charge in [0, 0.05) is 27.7 Å². The molecule has 2 aromatic carbocycles. The number of nitrogens with zero attached hydrogens (tertiary/aromatic N) is 2. The number of esters is 2. The van der Waals surface area contributed by atoms with E-state index in [1.165, 1.54) is 20.8 Å². The second-order valence-corrected chi connectivity index (χ2v) is 8.89. The fraction of sp³-hybridized carbons (Fsp3) is 0.320. The molecule has 1 saturated heterocycles. The van der Waals surface area contributed by atoms with Gasteiger partial charge < -0.3 is 14.7 Å². The predicted octanol–water partition coefficient (Wildman–Crippen LogP) is 3.79. The van der Waals surface area contributed by atoms with Crippen molar-refractivity contribution < 1.29 is 37.0 Å². The van der Waals surface area contributed by atoms with Gasteiger partial charge >= 0.3 is 11.9 Å². The number of rotatable bonds is 5. The highest BCUT2D eigenvalue weighted by atomic mass is 19.2. The molecular formula is C25H23F3N2O5. The zero-order chi connectivity index (χ0) is 25.7. The van der Waals surface area contributed by atoms with Crippen LogP contribution in [-0.4, -0.2) is 22.3 Å². The fourth-order valence-corrected chi connectivity index (χ4v) is 4.30. The van der Waals surface area contributed by atoms with Crippen LogP contribution in [0.4, 0.5) is 13.2 Å². The van der Waals surface area contributed by atoms with Crippen LogP contribution < -0.4 is 4.73 Å². The van der Waals surface area contributed by atoms with E-state index >= 15 is 0 Å². The maximum Gasteiger partial charge on any atom is 0.324 e. The minimum Gasteiger partial charge on any atom is -0.711 e. The van der Waals surface area contributed by atoms with E-state index in [1.54, 1.807) is 23.6 Å². The van der Waals surface area contributed by atoms with Crippen LogP contribution in [0.3, 0.4) is 0 Å². The summed E-state index contributed by atoms with van der Waals surface area (Å²) in [5, 5.41) is 13.4. The van der Waals surface area contributed by atoms with Gasteiger partial charge in [0.05, 0.1) is 0 Å². The summed E-state index contributed by atoms with van der Waals surface area (Å²) >= 11 is 0. The topological polar surface area (TPSA) is 84.5 Å². The number of carbonyl (C=O) groups is 2. The first-order valence-corrected chi connectivity index (χ1v) is 10.8. The second kappa shape index (κ2) is 8.75. The number of aromatic nitrogens is 2. The molecule has 4 rings (SSSR count). The molecule has 0 spiro atoms. The Morgan fingerprint density at radius 1 is 1.03 bits per heavy atom. The number of halogens is 3. The molecule has 3 aromatic rings. The van der Waals surface area contributed by atoms with Gasteiger partial charge in [0.15, 0.2) is 23.4 Å². The monoisotopic (exact) mass is 488 g/mol. The Morgan fingerprint density at radius 3 is 2.11 bits per heavy atom. The Labute approximate surface area is 199 Å². The number of hydrogen-bond acceptors (Lipinski definition) is 5. The van der Waals surface area contributed by atoms with E-state index < -0.39 is 47.0 Å². The third-order valence-corrected chi connectivity index (χ3v) is 6.08. The Kier molecular flexibility index (Phi) is 6.08. The normalized spacial score (nSPS) is 16.7. The molecule has 0 radical (unpaired) electrons. The smallest absolute Gasteiger partial charge is 0.324 e. The van der Waals surface area contributed by atoms with Crippen LogP contribution in [0, 0.1) is 42.4 Å². The van der Waals surface area contributed by atoms with Gasteiger partial charge in [-0.25, -0.2) is 22.5 Å². The van der Waals surface area contributed by atoms with Gasteiger partial charge in [-0.2, -0.15) is 0 Å². The maximum absolute atomic E-state index is 14.3. The minimum atomic E-state index is -1.77. The number of carbonyl (C=O) groups excluding carboxylic acids is 2. The summed E-state index contributed by atoms with van der Waals surface area (Å²) in [4.78, 5) is 26.0. The number of cyclic esters (lactones) is 2. The van der Waals surface area contributed by atoms with Crippen LogP contribution in [0.25, 0.3) is 0 Å². The Morgan fingerprint density at radius 2 is 1.57 bits per heavy atom. The molecule has 35 heavy (non-hydrogen) atoms. The molecule has 1 aliphatic rings.